The fourth-order valence-corrected chi connectivity index (χ4v) is 2.60. The summed E-state index contributed by atoms with van der Waals surface area (Å²) in [4.78, 5) is 34.0. The summed E-state index contributed by atoms with van der Waals surface area (Å²) in [7, 11) is 0. The van der Waals surface area contributed by atoms with E-state index in [-0.39, 0.29) is 17.2 Å². The van der Waals surface area contributed by atoms with E-state index in [9.17, 15) is 24.8 Å². The average Bonchev–Trinajstić information content (AvgIpc) is 2.86. The van der Waals surface area contributed by atoms with E-state index in [0.29, 0.717) is 11.3 Å². The van der Waals surface area contributed by atoms with Crippen molar-refractivity contribution in [2.24, 2.45) is 0 Å². The van der Waals surface area contributed by atoms with Gasteiger partial charge in [0.05, 0.1) is 10.5 Å². The quantitative estimate of drug-likeness (QED) is 0.562. The first-order chi connectivity index (χ1) is 10.9. The molecule has 10 nitrogen and oxygen atoms in total. The second-order valence-corrected chi connectivity index (χ2v) is 4.95. The Kier molecular flexibility index (Phi) is 3.21. The maximum atomic E-state index is 12.0. The molecule has 0 saturated heterocycles. The van der Waals surface area contributed by atoms with Crippen molar-refractivity contribution in [3.63, 3.8) is 0 Å². The normalized spacial score (nSPS) is 16.7. The van der Waals surface area contributed by atoms with Crippen LogP contribution >= 0.6 is 0 Å². The van der Waals surface area contributed by atoms with Gasteiger partial charge in [-0.1, -0.05) is 12.1 Å². The highest BCUT2D eigenvalue weighted by Crippen LogP contribution is 2.34. The van der Waals surface area contributed by atoms with Crippen LogP contribution in [0, 0.1) is 10.1 Å². The molecule has 23 heavy (non-hydrogen) atoms. The van der Waals surface area contributed by atoms with E-state index >= 15 is 0 Å². The largest absolute Gasteiger partial charge is 0.478 e. The Hall–Kier alpha value is -3.43. The third-order valence-corrected chi connectivity index (χ3v) is 3.57. The summed E-state index contributed by atoms with van der Waals surface area (Å²) in [5.41, 5.74) is -0.277. The fourth-order valence-electron chi connectivity index (χ4n) is 2.60. The molecule has 2 heterocycles. The first-order valence-electron chi connectivity index (χ1n) is 6.52. The van der Waals surface area contributed by atoms with Crippen LogP contribution in [0.15, 0.2) is 40.3 Å². The SMILES string of the molecule is CC1=C(C(=O)O)C(c2cccc([N+](=O)[O-])c2)n2c(n[nH]c2=O)N1. The average molecular weight is 317 g/mol. The van der Waals surface area contributed by atoms with Crippen LogP contribution in [0.4, 0.5) is 11.6 Å². The summed E-state index contributed by atoms with van der Waals surface area (Å²) in [5.74, 6) is -1.08. The van der Waals surface area contributed by atoms with Crippen LogP contribution in [0.25, 0.3) is 0 Å². The maximum Gasteiger partial charge on any atom is 0.345 e. The van der Waals surface area contributed by atoms with Gasteiger partial charge in [0.25, 0.3) is 5.69 Å². The number of rotatable bonds is 3. The smallest absolute Gasteiger partial charge is 0.345 e. The molecule has 1 aliphatic heterocycles. The minimum atomic E-state index is -1.23. The minimum absolute atomic E-state index is 0.0819. The van der Waals surface area contributed by atoms with Gasteiger partial charge in [-0.25, -0.2) is 19.3 Å². The van der Waals surface area contributed by atoms with E-state index in [4.69, 9.17) is 0 Å². The van der Waals surface area contributed by atoms with Gasteiger partial charge in [0.1, 0.15) is 6.04 Å². The van der Waals surface area contributed by atoms with Crippen LogP contribution < -0.4 is 11.0 Å². The number of allylic oxidation sites excluding steroid dienone is 1. The number of nitro benzene ring substituents is 1. The van der Waals surface area contributed by atoms with Gasteiger partial charge in [-0.3, -0.25) is 10.1 Å². The first kappa shape index (κ1) is 14.5. The van der Waals surface area contributed by atoms with Crippen LogP contribution in [0.5, 0.6) is 0 Å². The summed E-state index contributed by atoms with van der Waals surface area (Å²) in [6, 6.07) is 4.49. The van der Waals surface area contributed by atoms with Gasteiger partial charge in [-0.15, -0.1) is 5.10 Å². The molecule has 0 saturated carbocycles. The molecule has 0 aliphatic carbocycles. The fraction of sp³-hybridized carbons (Fsp3) is 0.154. The van der Waals surface area contributed by atoms with Gasteiger partial charge in [0, 0.05) is 17.8 Å². The highest BCUT2D eigenvalue weighted by molar-refractivity contribution is 5.90. The lowest BCUT2D eigenvalue weighted by atomic mass is 9.95. The highest BCUT2D eigenvalue weighted by Gasteiger charge is 2.34. The molecule has 1 aromatic heterocycles. The van der Waals surface area contributed by atoms with Crippen molar-refractivity contribution in [3.8, 4) is 0 Å². The van der Waals surface area contributed by atoms with Crippen LogP contribution in [0.1, 0.15) is 18.5 Å². The number of carboxylic acids is 1. The van der Waals surface area contributed by atoms with E-state index in [0.717, 1.165) is 4.57 Å². The molecule has 0 radical (unpaired) electrons. The molecular formula is C13H11N5O5. The van der Waals surface area contributed by atoms with Gasteiger partial charge in [0.15, 0.2) is 0 Å². The Morgan fingerprint density at radius 1 is 1.48 bits per heavy atom. The summed E-state index contributed by atoms with van der Waals surface area (Å²) >= 11 is 0. The Morgan fingerprint density at radius 2 is 2.22 bits per heavy atom. The van der Waals surface area contributed by atoms with Crippen molar-refractivity contribution in [1.29, 1.82) is 0 Å². The molecule has 0 fully saturated rings. The van der Waals surface area contributed by atoms with Gasteiger partial charge in [-0.05, 0) is 12.5 Å². The number of hydrogen-bond donors (Lipinski definition) is 3. The van der Waals surface area contributed by atoms with E-state index in [1.165, 1.54) is 31.2 Å². The van der Waals surface area contributed by atoms with E-state index in [1.807, 2.05) is 0 Å². The molecule has 2 aromatic rings. The predicted molar refractivity (Wildman–Crippen MR) is 78.0 cm³/mol. The second kappa shape index (κ2) is 5.09. The van der Waals surface area contributed by atoms with Crippen molar-refractivity contribution in [2.45, 2.75) is 13.0 Å². The zero-order valence-electron chi connectivity index (χ0n) is 11.8. The first-order valence-corrected chi connectivity index (χ1v) is 6.52. The van der Waals surface area contributed by atoms with Crippen molar-refractivity contribution < 1.29 is 14.8 Å². The summed E-state index contributed by atoms with van der Waals surface area (Å²) in [5, 5.41) is 29.2. The van der Waals surface area contributed by atoms with Gasteiger partial charge in [0.2, 0.25) is 5.95 Å². The number of H-pyrrole nitrogens is 1. The molecule has 3 rings (SSSR count). The van der Waals surface area contributed by atoms with Crippen LogP contribution in [0.3, 0.4) is 0 Å². The number of non-ortho nitro benzene ring substituents is 1. The van der Waals surface area contributed by atoms with E-state index in [2.05, 4.69) is 15.5 Å². The van der Waals surface area contributed by atoms with E-state index < -0.39 is 22.6 Å². The van der Waals surface area contributed by atoms with Gasteiger partial charge >= 0.3 is 11.7 Å². The monoisotopic (exact) mass is 317 g/mol. The van der Waals surface area contributed by atoms with Crippen molar-refractivity contribution in [2.75, 3.05) is 5.32 Å². The Bertz CT molecular complexity index is 909. The number of nitrogens with one attached hydrogen (secondary N) is 2. The summed E-state index contributed by atoms with van der Waals surface area (Å²) in [6.45, 7) is 1.54. The number of aromatic nitrogens is 3. The molecule has 3 N–H and O–H groups in total. The maximum absolute atomic E-state index is 12.0. The lowest BCUT2D eigenvalue weighted by molar-refractivity contribution is -0.384. The third-order valence-electron chi connectivity index (χ3n) is 3.57. The Balaban J connectivity index is 2.27. The third kappa shape index (κ3) is 2.25. The minimum Gasteiger partial charge on any atom is -0.478 e. The van der Waals surface area contributed by atoms with Crippen molar-refractivity contribution in [1.82, 2.24) is 14.8 Å². The van der Waals surface area contributed by atoms with Crippen molar-refractivity contribution >= 4 is 17.6 Å². The molecule has 1 atom stereocenters. The van der Waals surface area contributed by atoms with Crippen LogP contribution in [0.2, 0.25) is 0 Å². The lowest BCUT2D eigenvalue weighted by Gasteiger charge is -2.27. The van der Waals surface area contributed by atoms with E-state index in [1.54, 1.807) is 0 Å². The number of benzene rings is 1. The number of aliphatic carboxylic acids is 1. The standard InChI is InChI=1S/C13H11N5O5/c1-6-9(11(19)20)10(17-12(14-6)15-16-13(17)21)7-3-2-4-8(5-7)18(22)23/h2-5,10H,1H3,(H,14,15)(H,16,21)(H,19,20). The number of carboxylic acid groups (broad SMARTS) is 1. The molecule has 1 aliphatic rings. The van der Waals surface area contributed by atoms with Crippen molar-refractivity contribution in [3.05, 3.63) is 61.7 Å². The zero-order chi connectivity index (χ0) is 16.7. The number of nitro groups is 1. The number of nitrogens with zero attached hydrogens (tertiary/aromatic N) is 3. The molecule has 118 valence electrons. The summed E-state index contributed by atoms with van der Waals surface area (Å²) in [6.07, 6.45) is 0. The Labute approximate surface area is 128 Å². The number of hydrogen-bond acceptors (Lipinski definition) is 6. The molecule has 10 heteroatoms. The molecular weight excluding hydrogens is 306 g/mol. The molecule has 0 amide bonds. The number of aromatic amines is 1. The number of anilines is 1. The Morgan fingerprint density at radius 3 is 2.87 bits per heavy atom. The molecule has 1 unspecified atom stereocenters. The highest BCUT2D eigenvalue weighted by atomic mass is 16.6. The number of fused-ring (bicyclic) bond motifs is 1. The summed E-state index contributed by atoms with van der Waals surface area (Å²) < 4.78 is 1.12. The number of carbonyl (C=O) groups is 1. The van der Waals surface area contributed by atoms with Gasteiger partial charge < -0.3 is 10.4 Å². The topological polar surface area (TPSA) is 143 Å². The van der Waals surface area contributed by atoms with Crippen LogP contribution in [-0.4, -0.2) is 30.8 Å². The molecule has 0 spiro atoms. The zero-order valence-corrected chi connectivity index (χ0v) is 11.8. The molecule has 1 aromatic carbocycles. The van der Waals surface area contributed by atoms with Gasteiger partial charge in [-0.2, -0.15) is 0 Å². The lowest BCUT2D eigenvalue weighted by Crippen LogP contribution is -2.33. The second-order valence-electron chi connectivity index (χ2n) is 4.95. The predicted octanol–water partition coefficient (Wildman–Crippen LogP) is 0.853. The van der Waals surface area contributed by atoms with Crippen LogP contribution in [-0.2, 0) is 4.79 Å². The molecule has 0 bridgehead atoms.